The maximum absolute atomic E-state index is 0. The molecule has 0 heterocycles. The Labute approximate surface area is 50.9 Å². The second kappa shape index (κ2) is 592. The van der Waals surface area contributed by atoms with E-state index in [1.165, 1.54) is 0 Å². The van der Waals surface area contributed by atoms with Gasteiger partial charge >= 0.3 is 0 Å². The third-order valence-electron chi connectivity index (χ3n) is 0. The number of rotatable bonds is 0. The van der Waals surface area contributed by atoms with Gasteiger partial charge in [0.15, 0.2) is 0 Å². The summed E-state index contributed by atoms with van der Waals surface area (Å²) >= 11 is 0. The minimum atomic E-state index is 0. The van der Waals surface area contributed by atoms with Crippen LogP contribution in [0, 0.1) is 0 Å². The standard InChI is InChI=1S/5H2N.Zn/h5*1H2;/q5*-1;. The van der Waals surface area contributed by atoms with Crippen LogP contribution in [-0.2, 0) is 19.5 Å². The van der Waals surface area contributed by atoms with Crippen LogP contribution in [0.25, 0.3) is 30.8 Å². The van der Waals surface area contributed by atoms with E-state index in [1.54, 1.807) is 0 Å². The molecule has 42 valence electrons. The molecule has 0 aromatic heterocycles. The molecular formula is H10N5Zn-5. The third kappa shape index (κ3) is 289. The van der Waals surface area contributed by atoms with E-state index in [4.69, 9.17) is 0 Å². The van der Waals surface area contributed by atoms with Gasteiger partial charge in [-0.3, -0.25) is 0 Å². The van der Waals surface area contributed by atoms with Crippen LogP contribution in [0.1, 0.15) is 0 Å². The molecule has 0 saturated carbocycles. The minimum Gasteiger partial charge on any atom is -0.693 e. The first-order chi connectivity index (χ1) is 0. The zero-order valence-corrected chi connectivity index (χ0v) is 6.56. The summed E-state index contributed by atoms with van der Waals surface area (Å²) < 4.78 is 0. The molecule has 0 aromatic rings. The summed E-state index contributed by atoms with van der Waals surface area (Å²) in [5, 5.41) is 0. The molecule has 6 heavy (non-hydrogen) atoms. The summed E-state index contributed by atoms with van der Waals surface area (Å²) in [6.07, 6.45) is 0. The fourth-order valence-corrected chi connectivity index (χ4v) is 0. The molecule has 0 amide bonds. The summed E-state index contributed by atoms with van der Waals surface area (Å²) in [6.45, 7) is 0. The molecule has 0 aliphatic carbocycles. The van der Waals surface area contributed by atoms with Crippen LogP contribution >= 0.6 is 0 Å². The van der Waals surface area contributed by atoms with Gasteiger partial charge in [0.2, 0.25) is 0 Å². The fraction of sp³-hybridized carbons (Fsp3) is 0. The summed E-state index contributed by atoms with van der Waals surface area (Å²) in [5.74, 6) is 0. The first kappa shape index (κ1) is 1050. The van der Waals surface area contributed by atoms with Crippen molar-refractivity contribution in [3.8, 4) is 0 Å². The van der Waals surface area contributed by atoms with Gasteiger partial charge in [0.25, 0.3) is 0 Å². The molecule has 6 heteroatoms. The van der Waals surface area contributed by atoms with Gasteiger partial charge in [-0.15, -0.1) is 0 Å². The van der Waals surface area contributed by atoms with Gasteiger partial charge in [0.05, 0.1) is 0 Å². The van der Waals surface area contributed by atoms with E-state index in [-0.39, 0.29) is 50.2 Å². The van der Waals surface area contributed by atoms with Gasteiger partial charge in [-0.1, -0.05) is 0 Å². The molecule has 0 fully saturated rings. The van der Waals surface area contributed by atoms with E-state index in [9.17, 15) is 0 Å². The second-order valence-corrected chi connectivity index (χ2v) is 0. The zero-order chi connectivity index (χ0) is 0. The van der Waals surface area contributed by atoms with Gasteiger partial charge < -0.3 is 30.8 Å². The van der Waals surface area contributed by atoms with E-state index in [0.29, 0.717) is 0 Å². The van der Waals surface area contributed by atoms with Crippen molar-refractivity contribution in [1.82, 2.24) is 0 Å². The molecule has 0 aliphatic rings. The van der Waals surface area contributed by atoms with Crippen molar-refractivity contribution < 1.29 is 19.5 Å². The SMILES string of the molecule is [NH2-].[NH2-].[NH2-].[NH2-].[NH2-].[Zn]. The Kier molecular flexibility index (Phi) is 104000. The molecule has 0 spiro atoms. The van der Waals surface area contributed by atoms with E-state index < -0.39 is 0 Å². The third-order valence-corrected chi connectivity index (χ3v) is 0. The Bertz CT molecular complexity index is 3.90. The molecule has 0 atom stereocenters. The zero-order valence-electron chi connectivity index (χ0n) is 3.59. The first-order valence-electron chi connectivity index (χ1n) is 0. The molecule has 0 aromatic carbocycles. The van der Waals surface area contributed by atoms with Crippen LogP contribution in [0.5, 0.6) is 0 Å². The normalized spacial score (nSPS) is 0. The van der Waals surface area contributed by atoms with E-state index >= 15 is 0 Å². The van der Waals surface area contributed by atoms with Crippen LogP contribution in [0.15, 0.2) is 0 Å². The van der Waals surface area contributed by atoms with Gasteiger partial charge in [-0.2, -0.15) is 0 Å². The van der Waals surface area contributed by atoms with Crippen LogP contribution in [0.4, 0.5) is 0 Å². The average molecular weight is 146 g/mol. The largest absolute Gasteiger partial charge is 0.693 e. The summed E-state index contributed by atoms with van der Waals surface area (Å²) in [6, 6.07) is 0. The van der Waals surface area contributed by atoms with Crippen LogP contribution < -0.4 is 0 Å². The van der Waals surface area contributed by atoms with E-state index in [1.807, 2.05) is 0 Å². The molecule has 0 rings (SSSR count). The molecule has 0 unspecified atom stereocenters. The van der Waals surface area contributed by atoms with Crippen molar-refractivity contribution in [3.63, 3.8) is 0 Å². The molecule has 0 radical (unpaired) electrons. The summed E-state index contributed by atoms with van der Waals surface area (Å²) in [7, 11) is 0. The summed E-state index contributed by atoms with van der Waals surface area (Å²) in [4.78, 5) is 0. The van der Waals surface area contributed by atoms with Crippen molar-refractivity contribution >= 4 is 0 Å². The molecule has 0 saturated heterocycles. The van der Waals surface area contributed by atoms with Gasteiger partial charge in [-0.25, -0.2) is 0 Å². The molecular weight excluding hydrogens is 135 g/mol. The number of nitrogens with two attached hydrogens (primary N) is 5. The number of hydrogen-bond donors (Lipinski definition) is 0. The fourth-order valence-electron chi connectivity index (χ4n) is 0. The van der Waals surface area contributed by atoms with Crippen molar-refractivity contribution in [2.75, 3.05) is 0 Å². The first-order valence-corrected chi connectivity index (χ1v) is 0. The predicted molar refractivity (Wildman–Crippen MR) is 26.4 cm³/mol. The average Bonchev–Trinajstić information content (AvgIpc) is 0. The molecule has 10 N–H and O–H groups in total. The van der Waals surface area contributed by atoms with Crippen molar-refractivity contribution in [1.29, 1.82) is 0 Å². The van der Waals surface area contributed by atoms with Gasteiger partial charge in [0, 0.05) is 19.5 Å². The Balaban J connectivity index is 0. The minimum absolute atomic E-state index is 0. The van der Waals surface area contributed by atoms with E-state index in [0.717, 1.165) is 0 Å². The van der Waals surface area contributed by atoms with Crippen molar-refractivity contribution in [3.05, 3.63) is 30.8 Å². The van der Waals surface area contributed by atoms with Crippen LogP contribution in [0.2, 0.25) is 0 Å². The van der Waals surface area contributed by atoms with Crippen molar-refractivity contribution in [2.45, 2.75) is 0 Å². The van der Waals surface area contributed by atoms with E-state index in [2.05, 4.69) is 0 Å². The Morgan fingerprint density at radius 3 is 0.333 bits per heavy atom. The van der Waals surface area contributed by atoms with Crippen LogP contribution in [-0.4, -0.2) is 0 Å². The Morgan fingerprint density at radius 2 is 0.333 bits per heavy atom. The molecule has 5 nitrogen and oxygen atoms in total. The quantitative estimate of drug-likeness (QED) is 0.454. The molecule has 0 aliphatic heterocycles. The Hall–Kier alpha value is 0.423. The molecule has 0 bridgehead atoms. The topological polar surface area (TPSA) is 168 Å². The Morgan fingerprint density at radius 1 is 0.333 bits per heavy atom. The van der Waals surface area contributed by atoms with Gasteiger partial charge in [-0.05, 0) is 0 Å². The number of hydrogen-bond acceptors (Lipinski definition) is 0. The second-order valence-electron chi connectivity index (χ2n) is 0. The maximum atomic E-state index is 0. The smallest absolute Gasteiger partial charge is 0 e. The maximum Gasteiger partial charge on any atom is 0 e. The van der Waals surface area contributed by atoms with Gasteiger partial charge in [0.1, 0.15) is 0 Å². The predicted octanol–water partition coefficient (Wildman–Crippen LogP) is 3.58. The van der Waals surface area contributed by atoms with Crippen molar-refractivity contribution in [2.24, 2.45) is 0 Å². The monoisotopic (exact) mass is 144 g/mol. The van der Waals surface area contributed by atoms with Crippen LogP contribution in [0.3, 0.4) is 0 Å². The summed E-state index contributed by atoms with van der Waals surface area (Å²) in [5.41, 5.74) is 0.